The van der Waals surface area contributed by atoms with Crippen LogP contribution in [0.25, 0.3) is 12.2 Å². The van der Waals surface area contributed by atoms with Crippen molar-refractivity contribution in [1.82, 2.24) is 9.88 Å². The van der Waals surface area contributed by atoms with Crippen molar-refractivity contribution < 1.29 is 5.11 Å². The molecule has 4 aliphatic rings. The molecule has 1 aromatic rings. The average Bonchev–Trinajstić information content (AvgIpc) is 2.96. The van der Waals surface area contributed by atoms with Gasteiger partial charge in [0.15, 0.2) is 0 Å². The number of piperidine rings is 1. The first-order valence-corrected chi connectivity index (χ1v) is 9.55. The van der Waals surface area contributed by atoms with Gasteiger partial charge in [0.05, 0.1) is 12.1 Å². The number of hydrogen-bond donors (Lipinski definition) is 2. The number of nitrogens with zero attached hydrogens (tertiary/aromatic N) is 1. The molecular formula is C20H28N2O. The van der Waals surface area contributed by atoms with Gasteiger partial charge in [-0.3, -0.25) is 4.90 Å². The summed E-state index contributed by atoms with van der Waals surface area (Å²) in [4.78, 5) is 6.52. The molecule has 1 unspecified atom stereocenters. The van der Waals surface area contributed by atoms with E-state index in [0.717, 1.165) is 12.3 Å². The highest BCUT2D eigenvalue weighted by Gasteiger charge is 2.45. The number of aromatic amines is 1. The lowest BCUT2D eigenvalue weighted by Crippen LogP contribution is -2.51. The second-order valence-corrected chi connectivity index (χ2v) is 8.25. The molecule has 2 fully saturated rings. The van der Waals surface area contributed by atoms with Crippen molar-refractivity contribution in [1.29, 1.82) is 0 Å². The minimum Gasteiger partial charge on any atom is -0.393 e. The molecule has 0 aromatic carbocycles. The van der Waals surface area contributed by atoms with Crippen LogP contribution in [0.15, 0.2) is 0 Å². The summed E-state index contributed by atoms with van der Waals surface area (Å²) in [5, 5.41) is 13.2. The summed E-state index contributed by atoms with van der Waals surface area (Å²) in [6.45, 7) is 4.74. The van der Waals surface area contributed by atoms with Gasteiger partial charge in [-0.2, -0.15) is 0 Å². The lowest BCUT2D eigenvalue weighted by Gasteiger charge is -2.51. The summed E-state index contributed by atoms with van der Waals surface area (Å²) in [6, 6.07) is 0.556. The lowest BCUT2D eigenvalue weighted by molar-refractivity contribution is -0.0493. The predicted molar refractivity (Wildman–Crippen MR) is 92.2 cm³/mol. The Morgan fingerprint density at radius 1 is 1.22 bits per heavy atom. The molecule has 2 aliphatic heterocycles. The molecule has 23 heavy (non-hydrogen) atoms. The highest BCUT2D eigenvalue weighted by molar-refractivity contribution is 5.43. The second-order valence-electron chi connectivity index (χ2n) is 8.25. The number of nitrogens with one attached hydrogen (secondary N) is 1. The molecule has 0 amide bonds. The van der Waals surface area contributed by atoms with Crippen LogP contribution >= 0.6 is 0 Å². The first kappa shape index (κ1) is 14.3. The molecule has 1 saturated carbocycles. The summed E-state index contributed by atoms with van der Waals surface area (Å²) >= 11 is 0. The average molecular weight is 312 g/mol. The highest BCUT2D eigenvalue weighted by atomic mass is 16.3. The molecule has 1 aromatic heterocycles. The summed E-state index contributed by atoms with van der Waals surface area (Å²) in [5.41, 5.74) is 3.10. The predicted octanol–water partition coefficient (Wildman–Crippen LogP) is 1.70. The molecule has 3 nitrogen and oxygen atoms in total. The number of hydrogen-bond acceptors (Lipinski definition) is 2. The zero-order chi connectivity index (χ0) is 15.6. The number of H-pyrrole nitrogens is 1. The molecule has 5 rings (SSSR count). The van der Waals surface area contributed by atoms with Crippen molar-refractivity contribution in [3.63, 3.8) is 0 Å². The smallest absolute Gasteiger partial charge is 0.0568 e. The molecular weight excluding hydrogens is 284 g/mol. The molecule has 1 saturated heterocycles. The van der Waals surface area contributed by atoms with Crippen LogP contribution in [0.3, 0.4) is 0 Å². The van der Waals surface area contributed by atoms with E-state index in [-0.39, 0.29) is 6.10 Å². The molecule has 2 N–H and O–H groups in total. The first-order chi connectivity index (χ1) is 11.2. The number of aliphatic hydroxyl groups is 1. The third-order valence-corrected chi connectivity index (χ3v) is 7.18. The maximum absolute atomic E-state index is 10.3. The summed E-state index contributed by atoms with van der Waals surface area (Å²) in [7, 11) is 0. The Morgan fingerprint density at radius 3 is 3.00 bits per heavy atom. The van der Waals surface area contributed by atoms with Crippen LogP contribution < -0.4 is 10.6 Å². The third-order valence-electron chi connectivity index (χ3n) is 7.18. The quantitative estimate of drug-likeness (QED) is 0.765. The van der Waals surface area contributed by atoms with Gasteiger partial charge in [-0.05, 0) is 67.1 Å². The van der Waals surface area contributed by atoms with Crippen LogP contribution in [-0.2, 0) is 6.42 Å². The van der Waals surface area contributed by atoms with Gasteiger partial charge < -0.3 is 10.1 Å². The molecule has 3 heteroatoms. The summed E-state index contributed by atoms with van der Waals surface area (Å²) < 4.78 is 0. The molecule has 2 aliphatic carbocycles. The van der Waals surface area contributed by atoms with Crippen LogP contribution in [0.4, 0.5) is 0 Å². The standard InChI is InChI=1S/C20H28N2O/c1-12-16-10-18-20-15(14-4-2-3-5-17(14)21-20)8-9-22(18)11-13(16)6-7-19(12)23/h4-5,12-13,16,18-19,21,23H,2-3,6-11H2,1H3/t12-,13?,16-,18+,19+/m1/s1. The van der Waals surface area contributed by atoms with Gasteiger partial charge in [0, 0.05) is 24.1 Å². The normalized spacial score (nSPS) is 39.3. The van der Waals surface area contributed by atoms with E-state index >= 15 is 0 Å². The summed E-state index contributed by atoms with van der Waals surface area (Å²) in [6.07, 6.45) is 11.8. The van der Waals surface area contributed by atoms with Crippen LogP contribution in [-0.4, -0.2) is 34.2 Å². The fourth-order valence-electron chi connectivity index (χ4n) is 5.85. The van der Waals surface area contributed by atoms with Gasteiger partial charge >= 0.3 is 0 Å². The lowest BCUT2D eigenvalue weighted by atomic mass is 9.65. The fourth-order valence-corrected chi connectivity index (χ4v) is 5.85. The van der Waals surface area contributed by atoms with Gasteiger partial charge in [-0.15, -0.1) is 0 Å². The third kappa shape index (κ3) is 2.09. The molecule has 3 heterocycles. The van der Waals surface area contributed by atoms with Gasteiger partial charge in [0.2, 0.25) is 0 Å². The van der Waals surface area contributed by atoms with Crippen LogP contribution in [0.2, 0.25) is 0 Å². The van der Waals surface area contributed by atoms with E-state index < -0.39 is 0 Å². The van der Waals surface area contributed by atoms with Crippen molar-refractivity contribution in [2.75, 3.05) is 13.1 Å². The van der Waals surface area contributed by atoms with E-state index in [2.05, 4.69) is 29.0 Å². The van der Waals surface area contributed by atoms with Gasteiger partial charge in [-0.25, -0.2) is 0 Å². The van der Waals surface area contributed by atoms with Gasteiger partial charge in [-0.1, -0.05) is 19.1 Å². The number of aliphatic hydroxyl groups excluding tert-OH is 1. The number of aromatic nitrogens is 1. The molecule has 0 radical (unpaired) electrons. The summed E-state index contributed by atoms with van der Waals surface area (Å²) in [5.74, 6) is 1.96. The van der Waals surface area contributed by atoms with E-state index in [1.807, 2.05) is 0 Å². The Morgan fingerprint density at radius 2 is 2.09 bits per heavy atom. The monoisotopic (exact) mass is 312 g/mol. The fraction of sp³-hybridized carbons (Fsp3) is 0.700. The molecule has 5 atom stereocenters. The van der Waals surface area contributed by atoms with E-state index in [9.17, 15) is 5.11 Å². The Labute approximate surface area is 138 Å². The van der Waals surface area contributed by atoms with Gasteiger partial charge in [0.1, 0.15) is 0 Å². The Balaban J connectivity index is 1.54. The first-order valence-electron chi connectivity index (χ1n) is 9.55. The van der Waals surface area contributed by atoms with E-state index in [4.69, 9.17) is 0 Å². The van der Waals surface area contributed by atoms with E-state index in [1.165, 1.54) is 61.5 Å². The van der Waals surface area contributed by atoms with E-state index in [1.54, 1.807) is 5.56 Å². The zero-order valence-electron chi connectivity index (χ0n) is 14.1. The van der Waals surface area contributed by atoms with E-state index in [0.29, 0.717) is 17.9 Å². The SMILES string of the molecule is C[C@H]1[C@@H](O)CCC2CN3CCc4c([nH]c5c4=CCCC=5)[C@@H]3C[C@@H]21. The largest absolute Gasteiger partial charge is 0.393 e. The minimum atomic E-state index is -0.0793. The topological polar surface area (TPSA) is 39.3 Å². The van der Waals surface area contributed by atoms with Crippen LogP contribution in [0, 0.1) is 17.8 Å². The zero-order valence-corrected chi connectivity index (χ0v) is 14.1. The highest BCUT2D eigenvalue weighted by Crippen LogP contribution is 2.47. The number of fused-ring (bicyclic) bond motifs is 6. The maximum Gasteiger partial charge on any atom is 0.0568 e. The van der Waals surface area contributed by atoms with Crippen LogP contribution in [0.1, 0.15) is 56.3 Å². The van der Waals surface area contributed by atoms with Crippen molar-refractivity contribution in [3.05, 3.63) is 21.8 Å². The minimum absolute atomic E-state index is 0.0793. The number of rotatable bonds is 0. The van der Waals surface area contributed by atoms with Crippen LogP contribution in [0.5, 0.6) is 0 Å². The molecule has 124 valence electrons. The van der Waals surface area contributed by atoms with Crippen molar-refractivity contribution in [2.45, 2.75) is 57.6 Å². The van der Waals surface area contributed by atoms with Crippen molar-refractivity contribution in [3.8, 4) is 0 Å². The second kappa shape index (κ2) is 5.22. The van der Waals surface area contributed by atoms with Gasteiger partial charge in [0.25, 0.3) is 0 Å². The molecule has 0 bridgehead atoms. The Hall–Kier alpha value is -1.06. The van der Waals surface area contributed by atoms with Crippen molar-refractivity contribution >= 4 is 12.2 Å². The Kier molecular flexibility index (Phi) is 3.24. The molecule has 0 spiro atoms. The maximum atomic E-state index is 10.3. The Bertz CT molecular complexity index is 734. The van der Waals surface area contributed by atoms with Crippen molar-refractivity contribution in [2.24, 2.45) is 17.8 Å².